The first-order valence-corrected chi connectivity index (χ1v) is 3.72. The van der Waals surface area contributed by atoms with E-state index in [9.17, 15) is 0 Å². The van der Waals surface area contributed by atoms with Crippen LogP contribution < -0.4 is 5.43 Å². The average molecular weight is 151 g/mol. The van der Waals surface area contributed by atoms with Crippen LogP contribution in [-0.2, 0) is 0 Å². The normalized spacial score (nSPS) is 30.2. The summed E-state index contributed by atoms with van der Waals surface area (Å²) in [5, 5.41) is 11.2. The Labute approximate surface area is 66.7 Å². The minimum absolute atomic E-state index is 0.0613. The van der Waals surface area contributed by atoms with Crippen LogP contribution in [0.25, 0.3) is 0 Å². The molecule has 1 aliphatic heterocycles. The third-order valence-electron chi connectivity index (χ3n) is 1.84. The fourth-order valence-electron chi connectivity index (χ4n) is 1.20. The number of nitrogens with zero attached hydrogens (tertiary/aromatic N) is 1. The third-order valence-corrected chi connectivity index (χ3v) is 1.84. The highest BCUT2D eigenvalue weighted by molar-refractivity contribution is 5.91. The van der Waals surface area contributed by atoms with Gasteiger partial charge < -0.3 is 10.8 Å². The molecule has 0 spiro atoms. The van der Waals surface area contributed by atoms with Crippen LogP contribution in [0.4, 0.5) is 0 Å². The van der Waals surface area contributed by atoms with Gasteiger partial charge in [0.15, 0.2) is 0 Å². The zero-order valence-corrected chi connectivity index (χ0v) is 6.83. The maximum absolute atomic E-state index is 7.10. The first kappa shape index (κ1) is 7.98. The highest BCUT2D eigenvalue weighted by Gasteiger charge is 2.24. The van der Waals surface area contributed by atoms with E-state index in [1.807, 2.05) is 19.9 Å². The van der Waals surface area contributed by atoms with Gasteiger partial charge in [0.25, 0.3) is 0 Å². The first-order chi connectivity index (χ1) is 5.29. The topological polar surface area (TPSA) is 48.2 Å². The molecule has 11 heavy (non-hydrogen) atoms. The number of hydrogen-bond acceptors (Lipinski definition) is 3. The SMILES string of the molecule is C/C=C\C1C(C)=NNC1C=N. The van der Waals surface area contributed by atoms with Crippen LogP contribution in [-0.4, -0.2) is 18.0 Å². The lowest BCUT2D eigenvalue weighted by atomic mass is 9.97. The van der Waals surface area contributed by atoms with Crippen LogP contribution in [0.15, 0.2) is 17.3 Å². The van der Waals surface area contributed by atoms with E-state index in [-0.39, 0.29) is 12.0 Å². The van der Waals surface area contributed by atoms with E-state index in [1.54, 1.807) is 0 Å². The average Bonchev–Trinajstić information content (AvgIpc) is 2.34. The van der Waals surface area contributed by atoms with Crippen molar-refractivity contribution in [2.24, 2.45) is 11.0 Å². The molecule has 0 saturated carbocycles. The van der Waals surface area contributed by atoms with E-state index >= 15 is 0 Å². The van der Waals surface area contributed by atoms with Gasteiger partial charge in [0.2, 0.25) is 0 Å². The van der Waals surface area contributed by atoms with Gasteiger partial charge in [-0.25, -0.2) is 0 Å². The van der Waals surface area contributed by atoms with Crippen molar-refractivity contribution in [3.8, 4) is 0 Å². The van der Waals surface area contributed by atoms with Crippen molar-refractivity contribution in [3.05, 3.63) is 12.2 Å². The second-order valence-electron chi connectivity index (χ2n) is 2.63. The standard InChI is InChI=1S/C8H13N3/c1-3-4-7-6(2)10-11-8(7)5-9/h3-5,7-9,11H,1-2H3/b4-3-,9-5?. The van der Waals surface area contributed by atoms with Gasteiger partial charge in [-0.05, 0) is 13.8 Å². The summed E-state index contributed by atoms with van der Waals surface area (Å²) < 4.78 is 0. The van der Waals surface area contributed by atoms with E-state index in [2.05, 4.69) is 16.6 Å². The summed E-state index contributed by atoms with van der Waals surface area (Å²) in [6.07, 6.45) is 5.45. The van der Waals surface area contributed by atoms with Gasteiger partial charge in [0.05, 0.1) is 6.04 Å². The largest absolute Gasteiger partial charge is 0.311 e. The van der Waals surface area contributed by atoms with Gasteiger partial charge in [-0.2, -0.15) is 5.10 Å². The highest BCUT2D eigenvalue weighted by atomic mass is 15.3. The molecule has 0 radical (unpaired) electrons. The fraction of sp³-hybridized carbons (Fsp3) is 0.500. The van der Waals surface area contributed by atoms with Gasteiger partial charge in [-0.3, -0.25) is 0 Å². The van der Waals surface area contributed by atoms with Crippen molar-refractivity contribution in [2.75, 3.05) is 0 Å². The van der Waals surface area contributed by atoms with Crippen LogP contribution in [0, 0.1) is 11.3 Å². The summed E-state index contributed by atoms with van der Waals surface area (Å²) in [6, 6.07) is 0.0613. The smallest absolute Gasteiger partial charge is 0.0899 e. The third kappa shape index (κ3) is 1.48. The summed E-state index contributed by atoms with van der Waals surface area (Å²) in [5.41, 5.74) is 3.94. The van der Waals surface area contributed by atoms with E-state index < -0.39 is 0 Å². The molecule has 2 atom stereocenters. The van der Waals surface area contributed by atoms with Gasteiger partial charge >= 0.3 is 0 Å². The van der Waals surface area contributed by atoms with Crippen LogP contribution in [0.2, 0.25) is 0 Å². The van der Waals surface area contributed by atoms with Crippen LogP contribution in [0.1, 0.15) is 13.8 Å². The molecule has 0 aromatic carbocycles. The Hall–Kier alpha value is -1.12. The minimum Gasteiger partial charge on any atom is -0.311 e. The highest BCUT2D eigenvalue weighted by Crippen LogP contribution is 2.12. The molecule has 0 aromatic rings. The Morgan fingerprint density at radius 3 is 2.91 bits per heavy atom. The van der Waals surface area contributed by atoms with Crippen LogP contribution in [0.3, 0.4) is 0 Å². The molecule has 2 N–H and O–H groups in total. The molecule has 0 saturated heterocycles. The Morgan fingerprint density at radius 2 is 2.36 bits per heavy atom. The molecule has 0 bridgehead atoms. The quantitative estimate of drug-likeness (QED) is 0.452. The lowest BCUT2D eigenvalue weighted by Gasteiger charge is -2.09. The Kier molecular flexibility index (Phi) is 2.41. The Morgan fingerprint density at radius 1 is 1.64 bits per heavy atom. The van der Waals surface area contributed by atoms with E-state index in [1.165, 1.54) is 6.21 Å². The molecule has 1 aliphatic rings. The van der Waals surface area contributed by atoms with Gasteiger partial charge in [0.1, 0.15) is 0 Å². The second-order valence-corrected chi connectivity index (χ2v) is 2.63. The number of rotatable bonds is 2. The predicted octanol–water partition coefficient (Wildman–Crippen LogP) is 1.18. The molecule has 3 nitrogen and oxygen atoms in total. The van der Waals surface area contributed by atoms with Gasteiger partial charge in [-0.15, -0.1) is 0 Å². The molecule has 2 unspecified atom stereocenters. The summed E-state index contributed by atoms with van der Waals surface area (Å²) in [4.78, 5) is 0. The summed E-state index contributed by atoms with van der Waals surface area (Å²) >= 11 is 0. The van der Waals surface area contributed by atoms with Crippen molar-refractivity contribution >= 4 is 11.9 Å². The summed E-state index contributed by atoms with van der Waals surface area (Å²) in [5.74, 6) is 0.275. The molecule has 0 aromatic heterocycles. The fourth-order valence-corrected chi connectivity index (χ4v) is 1.20. The maximum Gasteiger partial charge on any atom is 0.0899 e. The molecule has 0 amide bonds. The van der Waals surface area contributed by atoms with Crippen molar-refractivity contribution in [1.29, 1.82) is 5.41 Å². The van der Waals surface area contributed by atoms with E-state index in [0.717, 1.165) is 5.71 Å². The lowest BCUT2D eigenvalue weighted by molar-refractivity contribution is 0.663. The zero-order chi connectivity index (χ0) is 8.27. The van der Waals surface area contributed by atoms with E-state index in [0.29, 0.717) is 0 Å². The molecular formula is C8H13N3. The number of hydrazone groups is 1. The molecule has 0 fully saturated rings. The summed E-state index contributed by atoms with van der Waals surface area (Å²) in [7, 11) is 0. The number of nitrogens with one attached hydrogen (secondary N) is 2. The molecule has 0 aliphatic carbocycles. The second kappa shape index (κ2) is 3.32. The van der Waals surface area contributed by atoms with Gasteiger partial charge in [-0.1, -0.05) is 12.2 Å². The maximum atomic E-state index is 7.10. The monoisotopic (exact) mass is 151 g/mol. The van der Waals surface area contributed by atoms with Crippen molar-refractivity contribution in [2.45, 2.75) is 19.9 Å². The van der Waals surface area contributed by atoms with Crippen molar-refractivity contribution in [3.63, 3.8) is 0 Å². The Bertz CT molecular complexity index is 205. The predicted molar refractivity (Wildman–Crippen MR) is 47.1 cm³/mol. The summed E-state index contributed by atoms with van der Waals surface area (Å²) in [6.45, 7) is 3.95. The van der Waals surface area contributed by atoms with Crippen molar-refractivity contribution < 1.29 is 0 Å². The molecule has 1 rings (SSSR count). The van der Waals surface area contributed by atoms with Crippen molar-refractivity contribution in [1.82, 2.24) is 5.43 Å². The molecular weight excluding hydrogens is 138 g/mol. The van der Waals surface area contributed by atoms with Crippen LogP contribution in [0.5, 0.6) is 0 Å². The molecule has 1 heterocycles. The number of hydrogen-bond donors (Lipinski definition) is 2. The first-order valence-electron chi connectivity index (χ1n) is 3.72. The minimum atomic E-state index is 0.0613. The zero-order valence-electron chi connectivity index (χ0n) is 6.83. The molecule has 60 valence electrons. The molecule has 3 heteroatoms. The Balaban J connectivity index is 2.71. The van der Waals surface area contributed by atoms with Crippen LogP contribution >= 0.6 is 0 Å². The number of allylic oxidation sites excluding steroid dienone is 1. The van der Waals surface area contributed by atoms with E-state index in [4.69, 9.17) is 5.41 Å². The lowest BCUT2D eigenvalue weighted by Crippen LogP contribution is -2.28. The van der Waals surface area contributed by atoms with Gasteiger partial charge in [0, 0.05) is 17.8 Å².